The molecule has 0 bridgehead atoms. The molecular weight excluding hydrogens is 210 g/mol. The van der Waals surface area contributed by atoms with Gasteiger partial charge in [-0.15, -0.1) is 12.6 Å². The fourth-order valence-corrected chi connectivity index (χ4v) is 1.68. The largest absolute Gasteiger partial charge is 0.469 e. The van der Waals surface area contributed by atoms with Crippen molar-refractivity contribution in [3.8, 4) is 0 Å². The summed E-state index contributed by atoms with van der Waals surface area (Å²) in [5, 5.41) is 0. The number of ether oxygens (including phenoxy) is 1. The van der Waals surface area contributed by atoms with E-state index in [1.807, 2.05) is 19.1 Å². The van der Waals surface area contributed by atoms with E-state index >= 15 is 0 Å². The van der Waals surface area contributed by atoms with Gasteiger partial charge in [0.05, 0.1) is 13.0 Å². The van der Waals surface area contributed by atoms with Crippen molar-refractivity contribution in [2.45, 2.75) is 24.2 Å². The van der Waals surface area contributed by atoms with Crippen LogP contribution in [0.4, 0.5) is 5.69 Å². The van der Waals surface area contributed by atoms with E-state index in [-0.39, 0.29) is 11.9 Å². The summed E-state index contributed by atoms with van der Waals surface area (Å²) in [5.41, 5.74) is 7.15. The molecule has 1 rings (SSSR count). The minimum Gasteiger partial charge on any atom is -0.469 e. The Morgan fingerprint density at radius 1 is 1.60 bits per heavy atom. The van der Waals surface area contributed by atoms with E-state index < -0.39 is 0 Å². The van der Waals surface area contributed by atoms with Gasteiger partial charge in [-0.2, -0.15) is 0 Å². The highest BCUT2D eigenvalue weighted by Crippen LogP contribution is 2.26. The van der Waals surface area contributed by atoms with Crippen molar-refractivity contribution in [2.24, 2.45) is 0 Å². The molecule has 0 radical (unpaired) electrons. The topological polar surface area (TPSA) is 52.3 Å². The Bertz CT molecular complexity index is 366. The number of rotatable bonds is 3. The summed E-state index contributed by atoms with van der Waals surface area (Å²) >= 11 is 4.22. The first-order valence-corrected chi connectivity index (χ1v) is 5.21. The van der Waals surface area contributed by atoms with E-state index in [9.17, 15) is 4.79 Å². The molecule has 3 nitrogen and oxygen atoms in total. The molecule has 0 fully saturated rings. The van der Waals surface area contributed by atoms with Gasteiger partial charge in [0.25, 0.3) is 0 Å². The lowest BCUT2D eigenvalue weighted by atomic mass is 9.96. The van der Waals surface area contributed by atoms with E-state index in [4.69, 9.17) is 10.5 Å². The fraction of sp³-hybridized carbons (Fsp3) is 0.364. The van der Waals surface area contributed by atoms with Gasteiger partial charge in [-0.05, 0) is 24.1 Å². The second-order valence-corrected chi connectivity index (χ2v) is 3.78. The molecule has 4 heteroatoms. The molecule has 1 aromatic rings. The number of carbonyl (C=O) groups is 1. The van der Waals surface area contributed by atoms with Crippen LogP contribution in [-0.4, -0.2) is 13.1 Å². The van der Waals surface area contributed by atoms with Crippen LogP contribution in [0.15, 0.2) is 23.1 Å². The summed E-state index contributed by atoms with van der Waals surface area (Å²) in [5.74, 6) is -0.462. The van der Waals surface area contributed by atoms with Crippen LogP contribution in [0.1, 0.15) is 24.8 Å². The Balaban J connectivity index is 3.02. The van der Waals surface area contributed by atoms with E-state index in [0.29, 0.717) is 17.0 Å². The Kier molecular flexibility index (Phi) is 4.03. The van der Waals surface area contributed by atoms with Crippen LogP contribution in [0, 0.1) is 0 Å². The molecule has 0 amide bonds. The Hall–Kier alpha value is -1.16. The number of benzene rings is 1. The number of nitrogen functional groups attached to an aromatic ring is 1. The van der Waals surface area contributed by atoms with Crippen molar-refractivity contribution < 1.29 is 9.53 Å². The Morgan fingerprint density at radius 3 is 2.73 bits per heavy atom. The quantitative estimate of drug-likeness (QED) is 0.471. The molecule has 0 saturated carbocycles. The lowest BCUT2D eigenvalue weighted by Gasteiger charge is -2.13. The molecule has 15 heavy (non-hydrogen) atoms. The molecule has 0 aromatic heterocycles. The van der Waals surface area contributed by atoms with Gasteiger partial charge >= 0.3 is 5.97 Å². The molecule has 0 aliphatic heterocycles. The Labute approximate surface area is 95.0 Å². The van der Waals surface area contributed by atoms with Gasteiger partial charge < -0.3 is 10.5 Å². The maximum Gasteiger partial charge on any atom is 0.313 e. The van der Waals surface area contributed by atoms with Crippen LogP contribution in [0.3, 0.4) is 0 Å². The Morgan fingerprint density at radius 2 is 2.27 bits per heavy atom. The molecule has 82 valence electrons. The normalized spacial score (nSPS) is 12.2. The monoisotopic (exact) mass is 225 g/mol. The third-order valence-electron chi connectivity index (χ3n) is 2.35. The van der Waals surface area contributed by atoms with E-state index in [1.54, 1.807) is 6.07 Å². The highest BCUT2D eigenvalue weighted by atomic mass is 32.1. The smallest absolute Gasteiger partial charge is 0.313 e. The number of anilines is 1. The fourth-order valence-electron chi connectivity index (χ4n) is 1.46. The van der Waals surface area contributed by atoms with Crippen molar-refractivity contribution in [2.75, 3.05) is 12.8 Å². The number of carbonyl (C=O) groups excluding carboxylic acids is 1. The number of thiol groups is 1. The summed E-state index contributed by atoms with van der Waals surface area (Å²) in [4.78, 5) is 12.2. The van der Waals surface area contributed by atoms with Gasteiger partial charge in [0.1, 0.15) is 0 Å². The van der Waals surface area contributed by atoms with Gasteiger partial charge in [-0.25, -0.2) is 0 Å². The first-order chi connectivity index (χ1) is 7.10. The number of hydrogen-bond acceptors (Lipinski definition) is 4. The van der Waals surface area contributed by atoms with E-state index in [2.05, 4.69) is 12.6 Å². The van der Waals surface area contributed by atoms with Crippen LogP contribution >= 0.6 is 12.6 Å². The summed E-state index contributed by atoms with van der Waals surface area (Å²) < 4.78 is 4.73. The van der Waals surface area contributed by atoms with Crippen LogP contribution in [0.5, 0.6) is 0 Å². The SMILES string of the molecule is CCC(C(=O)OC)c1ccc(N)c(S)c1. The molecule has 1 aromatic carbocycles. The third-order valence-corrected chi connectivity index (χ3v) is 2.74. The molecule has 1 atom stereocenters. The van der Waals surface area contributed by atoms with Gasteiger partial charge in [0, 0.05) is 10.6 Å². The molecular formula is C11H15NO2S. The maximum atomic E-state index is 11.5. The molecule has 1 unspecified atom stereocenters. The van der Waals surface area contributed by atoms with Gasteiger partial charge in [0.2, 0.25) is 0 Å². The summed E-state index contributed by atoms with van der Waals surface area (Å²) in [6.07, 6.45) is 0.698. The highest BCUT2D eigenvalue weighted by Gasteiger charge is 2.19. The summed E-state index contributed by atoms with van der Waals surface area (Å²) in [6, 6.07) is 5.40. The maximum absolute atomic E-state index is 11.5. The summed E-state index contributed by atoms with van der Waals surface area (Å²) in [6.45, 7) is 1.94. The second-order valence-electron chi connectivity index (χ2n) is 3.30. The number of hydrogen-bond donors (Lipinski definition) is 2. The average Bonchev–Trinajstić information content (AvgIpc) is 2.24. The number of methoxy groups -OCH3 is 1. The minimum absolute atomic E-state index is 0.227. The van der Waals surface area contributed by atoms with Crippen molar-refractivity contribution in [3.05, 3.63) is 23.8 Å². The van der Waals surface area contributed by atoms with Gasteiger partial charge in [0.15, 0.2) is 0 Å². The zero-order valence-corrected chi connectivity index (χ0v) is 9.75. The van der Waals surface area contributed by atoms with Crippen molar-refractivity contribution in [3.63, 3.8) is 0 Å². The highest BCUT2D eigenvalue weighted by molar-refractivity contribution is 7.80. The minimum atomic E-state index is -0.235. The predicted octanol–water partition coefficient (Wildman–Crippen LogP) is 2.22. The lowest BCUT2D eigenvalue weighted by molar-refractivity contribution is -0.142. The van der Waals surface area contributed by atoms with Crippen molar-refractivity contribution in [1.29, 1.82) is 0 Å². The van der Waals surface area contributed by atoms with Gasteiger partial charge in [-0.3, -0.25) is 4.79 Å². The zero-order chi connectivity index (χ0) is 11.4. The standard InChI is InChI=1S/C11H15NO2S/c1-3-8(11(13)14-2)7-4-5-9(12)10(15)6-7/h4-6,8,15H,3,12H2,1-2H3. The molecule has 0 saturated heterocycles. The van der Waals surface area contributed by atoms with Crippen LogP contribution in [0.2, 0.25) is 0 Å². The first-order valence-electron chi connectivity index (χ1n) is 4.76. The lowest BCUT2D eigenvalue weighted by Crippen LogP contribution is -2.13. The number of esters is 1. The van der Waals surface area contributed by atoms with Crippen LogP contribution in [0.25, 0.3) is 0 Å². The molecule has 0 spiro atoms. The van der Waals surface area contributed by atoms with Crippen LogP contribution < -0.4 is 5.73 Å². The molecule has 2 N–H and O–H groups in total. The third kappa shape index (κ3) is 2.65. The predicted molar refractivity (Wildman–Crippen MR) is 63.2 cm³/mol. The van der Waals surface area contributed by atoms with E-state index in [0.717, 1.165) is 5.56 Å². The second kappa shape index (κ2) is 5.07. The average molecular weight is 225 g/mol. The number of nitrogens with two attached hydrogens (primary N) is 1. The van der Waals surface area contributed by atoms with Crippen molar-refractivity contribution in [1.82, 2.24) is 0 Å². The van der Waals surface area contributed by atoms with Crippen molar-refractivity contribution >= 4 is 24.3 Å². The molecule has 0 aliphatic rings. The molecule has 0 heterocycles. The first kappa shape index (κ1) is 11.9. The van der Waals surface area contributed by atoms with Crippen LogP contribution in [-0.2, 0) is 9.53 Å². The van der Waals surface area contributed by atoms with E-state index in [1.165, 1.54) is 7.11 Å². The summed E-state index contributed by atoms with van der Waals surface area (Å²) in [7, 11) is 1.39. The zero-order valence-electron chi connectivity index (χ0n) is 8.86. The van der Waals surface area contributed by atoms with Gasteiger partial charge in [-0.1, -0.05) is 13.0 Å². The molecule has 0 aliphatic carbocycles.